The van der Waals surface area contributed by atoms with Crippen LogP contribution in [0.4, 0.5) is 0 Å². The molecule has 5 heteroatoms. The molecule has 0 amide bonds. The minimum absolute atomic E-state index is 0.711. The lowest BCUT2D eigenvalue weighted by Crippen LogP contribution is -1.90. The Kier molecular flexibility index (Phi) is 2.60. The van der Waals surface area contributed by atoms with Crippen molar-refractivity contribution < 1.29 is 8.76 Å². The molecule has 1 atom stereocenters. The van der Waals surface area contributed by atoms with E-state index in [9.17, 15) is 8.76 Å². The molecular formula is CH3N2O2S-. The zero-order chi connectivity index (χ0) is 4.99. The smallest absolute Gasteiger partial charge is 0.0953 e. The number of nitrogens with two attached hydrogens (primary N) is 1. The van der Waals surface area contributed by atoms with Gasteiger partial charge in [-0.1, -0.05) is 0 Å². The van der Waals surface area contributed by atoms with Crippen LogP contribution < -0.4 is 5.73 Å². The first-order valence-corrected chi connectivity index (χ1v) is 2.14. The first-order chi connectivity index (χ1) is 2.77. The molecule has 0 spiro atoms. The van der Waals surface area contributed by atoms with Crippen molar-refractivity contribution in [3.63, 3.8) is 0 Å². The van der Waals surface area contributed by atoms with Crippen LogP contribution in [0.15, 0.2) is 4.40 Å². The van der Waals surface area contributed by atoms with Gasteiger partial charge in [-0.3, -0.25) is 4.21 Å². The standard InChI is InChI=1S/CH4N2O2S/c2-1-3-6(4)5/h1H,(H2,2,3)(H,4,5)/p-1. The second kappa shape index (κ2) is 2.80. The van der Waals surface area contributed by atoms with E-state index in [0.717, 1.165) is 0 Å². The Bertz CT molecular complexity index is 79.6. The molecule has 0 saturated carbocycles. The monoisotopic (exact) mass is 107 g/mol. The van der Waals surface area contributed by atoms with Crippen molar-refractivity contribution in [2.45, 2.75) is 0 Å². The van der Waals surface area contributed by atoms with Gasteiger partial charge in [0.15, 0.2) is 0 Å². The van der Waals surface area contributed by atoms with Crippen LogP contribution >= 0.6 is 0 Å². The van der Waals surface area contributed by atoms with Crippen molar-refractivity contribution in [1.29, 1.82) is 0 Å². The molecule has 0 fully saturated rings. The number of rotatable bonds is 1. The third kappa shape index (κ3) is 3.58. The average Bonchev–Trinajstić information content (AvgIpc) is 1.35. The topological polar surface area (TPSA) is 78.5 Å². The maximum absolute atomic E-state index is 9.32. The summed E-state index contributed by atoms with van der Waals surface area (Å²) in [6, 6.07) is 0. The van der Waals surface area contributed by atoms with Crippen molar-refractivity contribution in [1.82, 2.24) is 0 Å². The summed E-state index contributed by atoms with van der Waals surface area (Å²) in [6.07, 6.45) is 0.711. The van der Waals surface area contributed by atoms with E-state index in [4.69, 9.17) is 0 Å². The molecule has 0 aromatic rings. The fourth-order valence-electron chi connectivity index (χ4n) is 0.0497. The molecule has 6 heavy (non-hydrogen) atoms. The van der Waals surface area contributed by atoms with Crippen LogP contribution in [0.3, 0.4) is 0 Å². The van der Waals surface area contributed by atoms with E-state index in [2.05, 4.69) is 10.1 Å². The van der Waals surface area contributed by atoms with Gasteiger partial charge in [0, 0.05) is 0 Å². The zero-order valence-electron chi connectivity index (χ0n) is 2.83. The van der Waals surface area contributed by atoms with Gasteiger partial charge in [-0.15, -0.1) is 0 Å². The Morgan fingerprint density at radius 2 is 2.50 bits per heavy atom. The third-order valence-corrected chi connectivity index (χ3v) is 0.441. The molecule has 0 aliphatic rings. The Balaban J connectivity index is 3.30. The minimum atomic E-state index is -2.37. The molecule has 36 valence electrons. The highest BCUT2D eigenvalue weighted by Gasteiger charge is 1.58. The van der Waals surface area contributed by atoms with Gasteiger partial charge >= 0.3 is 0 Å². The van der Waals surface area contributed by atoms with E-state index in [1.165, 1.54) is 0 Å². The van der Waals surface area contributed by atoms with Crippen LogP contribution in [-0.2, 0) is 11.3 Å². The first kappa shape index (κ1) is 5.58. The van der Waals surface area contributed by atoms with Gasteiger partial charge in [0.2, 0.25) is 0 Å². The van der Waals surface area contributed by atoms with Gasteiger partial charge in [0.05, 0.1) is 17.6 Å². The SMILES string of the molecule is N/C=N/S(=O)[O-]. The maximum atomic E-state index is 9.32. The molecular weight excluding hydrogens is 104 g/mol. The van der Waals surface area contributed by atoms with E-state index in [0.29, 0.717) is 6.34 Å². The van der Waals surface area contributed by atoms with Crippen LogP contribution in [0.5, 0.6) is 0 Å². The quantitative estimate of drug-likeness (QED) is 0.259. The van der Waals surface area contributed by atoms with Crippen molar-refractivity contribution in [3.8, 4) is 0 Å². The summed E-state index contributed by atoms with van der Waals surface area (Å²) in [4.78, 5) is 0. The molecule has 0 aliphatic carbocycles. The van der Waals surface area contributed by atoms with E-state index in [1.807, 2.05) is 0 Å². The normalized spacial score (nSPS) is 15.5. The highest BCUT2D eigenvalue weighted by atomic mass is 32.2. The molecule has 1 unspecified atom stereocenters. The van der Waals surface area contributed by atoms with E-state index in [1.54, 1.807) is 0 Å². The van der Waals surface area contributed by atoms with Gasteiger partial charge in [0.25, 0.3) is 0 Å². The molecule has 0 rings (SSSR count). The lowest BCUT2D eigenvalue weighted by molar-refractivity contribution is 0.539. The Hall–Kier alpha value is -0.420. The molecule has 2 N–H and O–H groups in total. The molecule has 0 aromatic heterocycles. The van der Waals surface area contributed by atoms with Gasteiger partial charge in [-0.05, 0) is 0 Å². The van der Waals surface area contributed by atoms with Crippen LogP contribution in [0.25, 0.3) is 0 Å². The number of hydrogen-bond donors (Lipinski definition) is 1. The second-order valence-electron chi connectivity index (χ2n) is 0.472. The molecule has 0 aromatic carbocycles. The summed E-state index contributed by atoms with van der Waals surface area (Å²) in [7, 11) is 0. The van der Waals surface area contributed by atoms with E-state index < -0.39 is 11.3 Å². The largest absolute Gasteiger partial charge is 0.754 e. The summed E-state index contributed by atoms with van der Waals surface area (Å²) < 4.78 is 21.3. The summed E-state index contributed by atoms with van der Waals surface area (Å²) >= 11 is -2.37. The van der Waals surface area contributed by atoms with Crippen LogP contribution in [0, 0.1) is 0 Å². The van der Waals surface area contributed by atoms with Gasteiger partial charge < -0.3 is 10.3 Å². The van der Waals surface area contributed by atoms with Gasteiger partial charge in [-0.25, -0.2) is 0 Å². The lowest BCUT2D eigenvalue weighted by atomic mass is 11.4. The number of hydrogen-bond acceptors (Lipinski definition) is 2. The predicted octanol–water partition coefficient (Wildman–Crippen LogP) is -1.23. The minimum Gasteiger partial charge on any atom is -0.754 e. The second-order valence-corrected chi connectivity index (χ2v) is 1.12. The predicted molar refractivity (Wildman–Crippen MR) is 21.6 cm³/mol. The van der Waals surface area contributed by atoms with Gasteiger partial charge in [-0.2, -0.15) is 4.40 Å². The van der Waals surface area contributed by atoms with Crippen molar-refractivity contribution >= 4 is 17.6 Å². The fraction of sp³-hybridized carbons (Fsp3) is 0. The van der Waals surface area contributed by atoms with Crippen molar-refractivity contribution in [2.24, 2.45) is 10.1 Å². The van der Waals surface area contributed by atoms with E-state index >= 15 is 0 Å². The Morgan fingerprint density at radius 1 is 2.00 bits per heavy atom. The van der Waals surface area contributed by atoms with Crippen LogP contribution in [0.2, 0.25) is 0 Å². The maximum Gasteiger partial charge on any atom is 0.0953 e. The highest BCUT2D eigenvalue weighted by molar-refractivity contribution is 7.77. The van der Waals surface area contributed by atoms with Gasteiger partial charge in [0.1, 0.15) is 0 Å². The lowest BCUT2D eigenvalue weighted by Gasteiger charge is -1.88. The molecule has 4 nitrogen and oxygen atoms in total. The van der Waals surface area contributed by atoms with Crippen molar-refractivity contribution in [3.05, 3.63) is 0 Å². The summed E-state index contributed by atoms with van der Waals surface area (Å²) in [5.74, 6) is 0. The Labute approximate surface area is 37.5 Å². The molecule has 0 aliphatic heterocycles. The molecule has 0 bridgehead atoms. The number of nitrogens with zero attached hydrogens (tertiary/aromatic N) is 1. The summed E-state index contributed by atoms with van der Waals surface area (Å²) in [5, 5.41) is 0. The summed E-state index contributed by atoms with van der Waals surface area (Å²) in [6.45, 7) is 0. The van der Waals surface area contributed by atoms with E-state index in [-0.39, 0.29) is 0 Å². The van der Waals surface area contributed by atoms with Crippen molar-refractivity contribution in [2.75, 3.05) is 0 Å². The highest BCUT2D eigenvalue weighted by Crippen LogP contribution is 1.64. The summed E-state index contributed by atoms with van der Waals surface area (Å²) in [5.41, 5.74) is 4.54. The average molecular weight is 107 g/mol. The zero-order valence-corrected chi connectivity index (χ0v) is 3.64. The fourth-order valence-corrected chi connectivity index (χ4v) is 0.149. The first-order valence-electron chi connectivity index (χ1n) is 1.11. The molecule has 0 saturated heterocycles. The molecule has 0 heterocycles. The van der Waals surface area contributed by atoms with Crippen LogP contribution in [-0.4, -0.2) is 15.1 Å². The third-order valence-electron chi connectivity index (χ3n) is 0.147. The Morgan fingerprint density at radius 3 is 2.50 bits per heavy atom. The molecule has 0 radical (unpaired) electrons. The van der Waals surface area contributed by atoms with Crippen LogP contribution in [0.1, 0.15) is 0 Å².